The Kier molecular flexibility index (Phi) is 5.95. The number of benzene rings is 1. The van der Waals surface area contributed by atoms with E-state index in [1.54, 1.807) is 14.2 Å². The van der Waals surface area contributed by atoms with Crippen molar-refractivity contribution in [1.82, 2.24) is 5.32 Å². The normalized spacial score (nSPS) is 14.3. The van der Waals surface area contributed by atoms with Crippen molar-refractivity contribution in [2.45, 2.75) is 25.3 Å². The summed E-state index contributed by atoms with van der Waals surface area (Å²) in [5.41, 5.74) is 1.04. The first-order chi connectivity index (χ1) is 9.76. The van der Waals surface area contributed by atoms with E-state index in [1.807, 2.05) is 12.1 Å². The molecule has 5 heteroatoms. The molecule has 1 fully saturated rings. The fourth-order valence-electron chi connectivity index (χ4n) is 2.06. The Balaban J connectivity index is 1.77. The van der Waals surface area contributed by atoms with Gasteiger partial charge in [0.05, 0.1) is 27.4 Å². The molecule has 0 saturated heterocycles. The summed E-state index contributed by atoms with van der Waals surface area (Å²) in [5.74, 6) is 1.30. The van der Waals surface area contributed by atoms with Crippen LogP contribution in [0.25, 0.3) is 0 Å². The van der Waals surface area contributed by atoms with Crippen molar-refractivity contribution in [2.75, 3.05) is 34.0 Å². The van der Waals surface area contributed by atoms with Gasteiger partial charge in [-0.25, -0.2) is 0 Å². The van der Waals surface area contributed by atoms with Gasteiger partial charge in [0.25, 0.3) is 0 Å². The summed E-state index contributed by atoms with van der Waals surface area (Å²) in [6, 6.07) is 4.56. The molecule has 0 atom stereocenters. The van der Waals surface area contributed by atoms with E-state index < -0.39 is 0 Å². The van der Waals surface area contributed by atoms with Crippen LogP contribution in [0.2, 0.25) is 5.02 Å². The molecule has 0 heterocycles. The molecule has 0 unspecified atom stereocenters. The van der Waals surface area contributed by atoms with Crippen molar-refractivity contribution in [1.29, 1.82) is 0 Å². The van der Waals surface area contributed by atoms with Gasteiger partial charge in [-0.05, 0) is 30.9 Å². The molecule has 1 aliphatic rings. The molecule has 20 heavy (non-hydrogen) atoms. The van der Waals surface area contributed by atoms with Crippen LogP contribution in [0.1, 0.15) is 18.4 Å². The molecule has 0 amide bonds. The molecule has 112 valence electrons. The van der Waals surface area contributed by atoms with Crippen LogP contribution in [-0.2, 0) is 11.2 Å². The second-order valence-electron chi connectivity index (χ2n) is 4.86. The molecular weight excluding hydrogens is 278 g/mol. The number of hydrogen-bond donors (Lipinski definition) is 1. The summed E-state index contributed by atoms with van der Waals surface area (Å²) in [6.45, 7) is 2.32. The lowest BCUT2D eigenvalue weighted by Crippen LogP contribution is -2.22. The van der Waals surface area contributed by atoms with E-state index in [4.69, 9.17) is 25.8 Å². The molecular formula is C15H22ClNO3. The zero-order valence-electron chi connectivity index (χ0n) is 12.1. The lowest BCUT2D eigenvalue weighted by atomic mass is 10.1. The number of ether oxygens (including phenoxy) is 3. The summed E-state index contributed by atoms with van der Waals surface area (Å²) in [5, 5.41) is 3.93. The predicted molar refractivity (Wildman–Crippen MR) is 80.1 cm³/mol. The first-order valence-corrected chi connectivity index (χ1v) is 7.34. The van der Waals surface area contributed by atoms with E-state index in [2.05, 4.69) is 5.32 Å². The van der Waals surface area contributed by atoms with E-state index >= 15 is 0 Å². The van der Waals surface area contributed by atoms with Crippen LogP contribution in [0.5, 0.6) is 11.5 Å². The lowest BCUT2D eigenvalue weighted by molar-refractivity contribution is 0.138. The van der Waals surface area contributed by atoms with E-state index in [0.717, 1.165) is 31.2 Å². The first kappa shape index (κ1) is 15.4. The Bertz CT molecular complexity index is 435. The molecule has 0 aromatic heterocycles. The van der Waals surface area contributed by atoms with E-state index in [1.165, 1.54) is 12.8 Å². The number of halogens is 1. The van der Waals surface area contributed by atoms with Crippen molar-refractivity contribution in [3.05, 3.63) is 22.7 Å². The summed E-state index contributed by atoms with van der Waals surface area (Å²) in [7, 11) is 3.21. The van der Waals surface area contributed by atoms with E-state index in [9.17, 15) is 0 Å². The Morgan fingerprint density at radius 1 is 1.20 bits per heavy atom. The van der Waals surface area contributed by atoms with E-state index in [0.29, 0.717) is 23.1 Å². The van der Waals surface area contributed by atoms with Gasteiger partial charge in [0.15, 0.2) is 0 Å². The molecule has 1 N–H and O–H groups in total. The summed E-state index contributed by atoms with van der Waals surface area (Å²) in [6.07, 6.45) is 3.39. The van der Waals surface area contributed by atoms with Crippen LogP contribution in [0.3, 0.4) is 0 Å². The average molecular weight is 300 g/mol. The Labute approximate surface area is 125 Å². The van der Waals surface area contributed by atoms with Crippen LogP contribution in [0.4, 0.5) is 0 Å². The third-order valence-electron chi connectivity index (χ3n) is 3.34. The molecule has 0 aliphatic heterocycles. The minimum atomic E-state index is 0.517. The fraction of sp³-hybridized carbons (Fsp3) is 0.600. The van der Waals surface area contributed by atoms with Gasteiger partial charge in [-0.1, -0.05) is 17.7 Å². The Hall–Kier alpha value is -0.970. The van der Waals surface area contributed by atoms with Crippen LogP contribution < -0.4 is 14.8 Å². The summed E-state index contributed by atoms with van der Waals surface area (Å²) in [4.78, 5) is 0. The van der Waals surface area contributed by atoms with Crippen molar-refractivity contribution in [3.8, 4) is 11.5 Å². The monoisotopic (exact) mass is 299 g/mol. The highest BCUT2D eigenvalue weighted by Crippen LogP contribution is 2.36. The molecule has 0 spiro atoms. The smallest absolute Gasteiger partial charge is 0.144 e. The summed E-state index contributed by atoms with van der Waals surface area (Å²) >= 11 is 6.22. The SMILES string of the molecule is COc1ccc(CCOCCNC2CC2)c(OC)c1Cl. The van der Waals surface area contributed by atoms with Crippen LogP contribution in [0, 0.1) is 0 Å². The van der Waals surface area contributed by atoms with Gasteiger partial charge in [0.1, 0.15) is 16.5 Å². The van der Waals surface area contributed by atoms with E-state index in [-0.39, 0.29) is 0 Å². The predicted octanol–water partition coefficient (Wildman–Crippen LogP) is 2.67. The van der Waals surface area contributed by atoms with Gasteiger partial charge in [0.2, 0.25) is 0 Å². The van der Waals surface area contributed by atoms with Gasteiger partial charge in [0, 0.05) is 12.6 Å². The van der Waals surface area contributed by atoms with Gasteiger partial charge in [-0.2, -0.15) is 0 Å². The fourth-order valence-corrected chi connectivity index (χ4v) is 2.40. The zero-order valence-corrected chi connectivity index (χ0v) is 12.8. The van der Waals surface area contributed by atoms with Gasteiger partial charge < -0.3 is 19.5 Å². The quantitative estimate of drug-likeness (QED) is 0.712. The van der Waals surface area contributed by atoms with Gasteiger partial charge in [-0.15, -0.1) is 0 Å². The Morgan fingerprint density at radius 3 is 2.65 bits per heavy atom. The highest BCUT2D eigenvalue weighted by atomic mass is 35.5. The topological polar surface area (TPSA) is 39.7 Å². The maximum atomic E-state index is 6.22. The highest BCUT2D eigenvalue weighted by molar-refractivity contribution is 6.33. The molecule has 1 aromatic rings. The maximum absolute atomic E-state index is 6.22. The van der Waals surface area contributed by atoms with Gasteiger partial charge >= 0.3 is 0 Å². The van der Waals surface area contributed by atoms with Crippen LogP contribution >= 0.6 is 11.6 Å². The third-order valence-corrected chi connectivity index (χ3v) is 3.70. The third kappa shape index (κ3) is 4.27. The lowest BCUT2D eigenvalue weighted by Gasteiger charge is -2.13. The molecule has 4 nitrogen and oxygen atoms in total. The van der Waals surface area contributed by atoms with Gasteiger partial charge in [-0.3, -0.25) is 0 Å². The largest absolute Gasteiger partial charge is 0.495 e. The molecule has 2 rings (SSSR count). The van der Waals surface area contributed by atoms with Crippen molar-refractivity contribution < 1.29 is 14.2 Å². The Morgan fingerprint density at radius 2 is 2.00 bits per heavy atom. The average Bonchev–Trinajstić information content (AvgIpc) is 3.27. The van der Waals surface area contributed by atoms with Crippen molar-refractivity contribution in [2.24, 2.45) is 0 Å². The van der Waals surface area contributed by atoms with Crippen LogP contribution in [0.15, 0.2) is 12.1 Å². The van der Waals surface area contributed by atoms with Crippen LogP contribution in [-0.4, -0.2) is 40.0 Å². The standard InChI is InChI=1S/C15H22ClNO3/c1-18-13-6-3-11(15(19-2)14(13)16)7-9-20-10-8-17-12-4-5-12/h3,6,12,17H,4-5,7-10H2,1-2H3. The first-order valence-electron chi connectivity index (χ1n) is 6.96. The molecule has 1 saturated carbocycles. The number of rotatable bonds is 9. The maximum Gasteiger partial charge on any atom is 0.144 e. The molecule has 0 radical (unpaired) electrons. The minimum Gasteiger partial charge on any atom is -0.495 e. The van der Waals surface area contributed by atoms with Crippen molar-refractivity contribution >= 4 is 11.6 Å². The highest BCUT2D eigenvalue weighted by Gasteiger charge is 2.19. The second-order valence-corrected chi connectivity index (χ2v) is 5.24. The number of methoxy groups -OCH3 is 2. The summed E-state index contributed by atoms with van der Waals surface area (Å²) < 4.78 is 16.2. The minimum absolute atomic E-state index is 0.517. The molecule has 1 aromatic carbocycles. The number of hydrogen-bond acceptors (Lipinski definition) is 4. The molecule has 0 bridgehead atoms. The second kappa shape index (κ2) is 7.72. The molecule has 1 aliphatic carbocycles. The number of nitrogens with one attached hydrogen (secondary N) is 1. The zero-order chi connectivity index (χ0) is 14.4. The van der Waals surface area contributed by atoms with Crippen molar-refractivity contribution in [3.63, 3.8) is 0 Å².